The van der Waals surface area contributed by atoms with Crippen molar-refractivity contribution in [1.29, 1.82) is 0 Å². The summed E-state index contributed by atoms with van der Waals surface area (Å²) in [6, 6.07) is 3.49. The van der Waals surface area contributed by atoms with Gasteiger partial charge in [-0.25, -0.2) is 0 Å². The van der Waals surface area contributed by atoms with Crippen LogP contribution in [0.5, 0.6) is 0 Å². The van der Waals surface area contributed by atoms with Crippen LogP contribution in [0.25, 0.3) is 0 Å². The maximum absolute atomic E-state index is 11.3. The van der Waals surface area contributed by atoms with Gasteiger partial charge in [0.25, 0.3) is 5.56 Å². The van der Waals surface area contributed by atoms with Gasteiger partial charge in [-0.15, -0.1) is 0 Å². The van der Waals surface area contributed by atoms with E-state index in [0.29, 0.717) is 6.73 Å². The van der Waals surface area contributed by atoms with Crippen LogP contribution < -0.4 is 5.56 Å². The van der Waals surface area contributed by atoms with Crippen molar-refractivity contribution < 1.29 is 4.74 Å². The molecule has 0 radical (unpaired) electrons. The fourth-order valence-corrected chi connectivity index (χ4v) is 0.943. The van der Waals surface area contributed by atoms with Crippen LogP contribution >= 0.6 is 0 Å². The zero-order valence-electron chi connectivity index (χ0n) is 8.28. The topological polar surface area (TPSA) is 31.2 Å². The molecule has 1 heterocycles. The number of aromatic nitrogens is 1. The summed E-state index contributed by atoms with van der Waals surface area (Å²) in [5.41, 5.74) is 0.964. The quantitative estimate of drug-likeness (QED) is 0.708. The van der Waals surface area contributed by atoms with Gasteiger partial charge in [0.05, 0.1) is 6.10 Å². The van der Waals surface area contributed by atoms with Crippen molar-refractivity contribution in [3.05, 3.63) is 34.2 Å². The standard InChI is InChI=1S/C10H15NO2/c1-8(2)13-7-11-5-4-9(3)6-10(11)12/h4-6,8H,7H2,1-3H3. The van der Waals surface area contributed by atoms with Gasteiger partial charge in [0.15, 0.2) is 0 Å². The third-order valence-electron chi connectivity index (χ3n) is 1.70. The summed E-state index contributed by atoms with van der Waals surface area (Å²) in [5, 5.41) is 0. The number of ether oxygens (including phenoxy) is 1. The molecule has 0 saturated carbocycles. The van der Waals surface area contributed by atoms with Gasteiger partial charge in [-0.05, 0) is 32.4 Å². The van der Waals surface area contributed by atoms with E-state index in [-0.39, 0.29) is 11.7 Å². The number of nitrogens with zero attached hydrogens (tertiary/aromatic N) is 1. The third kappa shape index (κ3) is 3.03. The van der Waals surface area contributed by atoms with Crippen molar-refractivity contribution >= 4 is 0 Å². The van der Waals surface area contributed by atoms with Gasteiger partial charge in [0.2, 0.25) is 0 Å². The van der Waals surface area contributed by atoms with Gasteiger partial charge >= 0.3 is 0 Å². The minimum absolute atomic E-state index is 0.0133. The number of hydrogen-bond donors (Lipinski definition) is 0. The molecular weight excluding hydrogens is 166 g/mol. The summed E-state index contributed by atoms with van der Waals surface area (Å²) in [7, 11) is 0. The molecule has 13 heavy (non-hydrogen) atoms. The monoisotopic (exact) mass is 181 g/mol. The highest BCUT2D eigenvalue weighted by atomic mass is 16.5. The van der Waals surface area contributed by atoms with Gasteiger partial charge in [0, 0.05) is 12.3 Å². The van der Waals surface area contributed by atoms with Gasteiger partial charge in [-0.2, -0.15) is 0 Å². The van der Waals surface area contributed by atoms with E-state index in [1.165, 1.54) is 0 Å². The Balaban J connectivity index is 2.73. The average molecular weight is 181 g/mol. The summed E-state index contributed by atoms with van der Waals surface area (Å²) in [6.45, 7) is 6.12. The second kappa shape index (κ2) is 4.23. The molecule has 0 spiro atoms. The molecule has 1 rings (SSSR count). The van der Waals surface area contributed by atoms with E-state index in [1.54, 1.807) is 16.8 Å². The Hall–Kier alpha value is -1.09. The van der Waals surface area contributed by atoms with E-state index in [9.17, 15) is 4.79 Å². The second-order valence-corrected chi connectivity index (χ2v) is 3.36. The highest BCUT2D eigenvalue weighted by molar-refractivity contribution is 5.07. The van der Waals surface area contributed by atoms with Crippen LogP contribution in [-0.4, -0.2) is 10.7 Å². The SMILES string of the molecule is Cc1ccn(COC(C)C)c(=O)c1. The summed E-state index contributed by atoms with van der Waals surface area (Å²) in [6.07, 6.45) is 1.90. The lowest BCUT2D eigenvalue weighted by Gasteiger charge is -2.09. The number of hydrogen-bond acceptors (Lipinski definition) is 2. The van der Waals surface area contributed by atoms with Gasteiger partial charge < -0.3 is 4.74 Å². The van der Waals surface area contributed by atoms with Crippen molar-refractivity contribution in [2.45, 2.75) is 33.6 Å². The first-order valence-corrected chi connectivity index (χ1v) is 4.38. The Labute approximate surface area is 78.0 Å². The fraction of sp³-hybridized carbons (Fsp3) is 0.500. The normalized spacial score (nSPS) is 10.8. The third-order valence-corrected chi connectivity index (χ3v) is 1.70. The van der Waals surface area contributed by atoms with Crippen LogP contribution in [0.2, 0.25) is 0 Å². The fourth-order valence-electron chi connectivity index (χ4n) is 0.943. The smallest absolute Gasteiger partial charge is 0.252 e. The summed E-state index contributed by atoms with van der Waals surface area (Å²) in [5.74, 6) is 0. The molecule has 72 valence electrons. The average Bonchev–Trinajstić information content (AvgIpc) is 2.02. The van der Waals surface area contributed by atoms with E-state index >= 15 is 0 Å². The highest BCUT2D eigenvalue weighted by Crippen LogP contribution is 1.93. The summed E-state index contributed by atoms with van der Waals surface area (Å²) >= 11 is 0. The molecule has 0 aliphatic rings. The Bertz CT molecular complexity index is 328. The van der Waals surface area contributed by atoms with E-state index in [2.05, 4.69) is 0 Å². The van der Waals surface area contributed by atoms with Gasteiger partial charge in [-0.3, -0.25) is 9.36 Å². The van der Waals surface area contributed by atoms with Crippen LogP contribution in [0.15, 0.2) is 23.1 Å². The van der Waals surface area contributed by atoms with Gasteiger partial charge in [-0.1, -0.05) is 0 Å². The summed E-state index contributed by atoms with van der Waals surface area (Å²) in [4.78, 5) is 11.3. The van der Waals surface area contributed by atoms with E-state index in [4.69, 9.17) is 4.74 Å². The highest BCUT2D eigenvalue weighted by Gasteiger charge is 1.97. The lowest BCUT2D eigenvalue weighted by Crippen LogP contribution is -2.21. The number of aryl methyl sites for hydroxylation is 1. The molecule has 1 aromatic rings. The molecule has 1 aromatic heterocycles. The number of rotatable bonds is 3. The lowest BCUT2D eigenvalue weighted by molar-refractivity contribution is 0.0268. The van der Waals surface area contributed by atoms with Crippen molar-refractivity contribution in [2.24, 2.45) is 0 Å². The predicted octanol–water partition coefficient (Wildman–Crippen LogP) is 1.54. The molecule has 0 N–H and O–H groups in total. The van der Waals surface area contributed by atoms with Crippen LogP contribution in [-0.2, 0) is 11.5 Å². The minimum Gasteiger partial charge on any atom is -0.358 e. The molecule has 3 nitrogen and oxygen atoms in total. The van der Waals surface area contributed by atoms with Crippen LogP contribution in [0.3, 0.4) is 0 Å². The molecular formula is C10H15NO2. The number of pyridine rings is 1. The van der Waals surface area contributed by atoms with Crippen LogP contribution in [0.4, 0.5) is 0 Å². The first-order chi connectivity index (χ1) is 6.09. The van der Waals surface area contributed by atoms with Crippen molar-refractivity contribution in [2.75, 3.05) is 0 Å². The predicted molar refractivity (Wildman–Crippen MR) is 51.7 cm³/mol. The first-order valence-electron chi connectivity index (χ1n) is 4.38. The Morgan fingerprint density at radius 3 is 2.77 bits per heavy atom. The first kappa shape index (κ1) is 9.99. The van der Waals surface area contributed by atoms with Crippen LogP contribution in [0.1, 0.15) is 19.4 Å². The minimum atomic E-state index is -0.0133. The Kier molecular flexibility index (Phi) is 3.25. The molecule has 0 saturated heterocycles. The molecule has 0 aliphatic carbocycles. The van der Waals surface area contributed by atoms with Crippen molar-refractivity contribution in [3.8, 4) is 0 Å². The van der Waals surface area contributed by atoms with E-state index in [0.717, 1.165) is 5.56 Å². The molecule has 0 amide bonds. The largest absolute Gasteiger partial charge is 0.358 e. The maximum atomic E-state index is 11.3. The van der Waals surface area contributed by atoms with Crippen LogP contribution in [0, 0.1) is 6.92 Å². The molecule has 0 atom stereocenters. The summed E-state index contributed by atoms with van der Waals surface area (Å²) < 4.78 is 6.86. The van der Waals surface area contributed by atoms with Crippen molar-refractivity contribution in [3.63, 3.8) is 0 Å². The molecule has 0 aliphatic heterocycles. The van der Waals surface area contributed by atoms with E-state index in [1.807, 2.05) is 26.8 Å². The molecule has 0 fully saturated rings. The second-order valence-electron chi connectivity index (χ2n) is 3.36. The van der Waals surface area contributed by atoms with Gasteiger partial charge in [0.1, 0.15) is 6.73 Å². The van der Waals surface area contributed by atoms with E-state index < -0.39 is 0 Å². The maximum Gasteiger partial charge on any atom is 0.252 e. The molecule has 0 aromatic carbocycles. The Morgan fingerprint density at radius 1 is 1.54 bits per heavy atom. The zero-order chi connectivity index (χ0) is 9.84. The Morgan fingerprint density at radius 2 is 2.23 bits per heavy atom. The molecule has 0 unspecified atom stereocenters. The lowest BCUT2D eigenvalue weighted by atomic mass is 10.3. The molecule has 0 bridgehead atoms. The molecule has 3 heteroatoms. The van der Waals surface area contributed by atoms with Crippen molar-refractivity contribution in [1.82, 2.24) is 4.57 Å². The zero-order valence-corrected chi connectivity index (χ0v) is 8.28.